The van der Waals surface area contributed by atoms with Gasteiger partial charge in [0.25, 0.3) is 0 Å². The molecule has 0 aliphatic rings. The molecule has 0 aliphatic carbocycles. The van der Waals surface area contributed by atoms with E-state index in [0.717, 1.165) is 12.1 Å². The van der Waals surface area contributed by atoms with Crippen molar-refractivity contribution in [3.8, 4) is 0 Å². The predicted molar refractivity (Wildman–Crippen MR) is 65.6 cm³/mol. The molecule has 3 nitrogen and oxygen atoms in total. The van der Waals surface area contributed by atoms with E-state index in [4.69, 9.17) is 0 Å². The molecule has 102 valence electrons. The quantitative estimate of drug-likeness (QED) is 0.732. The lowest BCUT2D eigenvalue weighted by molar-refractivity contribution is 0.214. The van der Waals surface area contributed by atoms with E-state index in [9.17, 15) is 18.3 Å². The summed E-state index contributed by atoms with van der Waals surface area (Å²) >= 11 is 0. The van der Waals surface area contributed by atoms with Gasteiger partial charge in [-0.15, -0.1) is 0 Å². The molecule has 1 unspecified atom stereocenters. The first kappa shape index (κ1) is 12.7. The Hall–Kier alpha value is -2.34. The number of aromatic nitrogens is 2. The zero-order chi connectivity index (χ0) is 14.3. The van der Waals surface area contributed by atoms with Gasteiger partial charge < -0.3 is 5.11 Å². The van der Waals surface area contributed by atoms with E-state index in [1.807, 2.05) is 0 Å². The van der Waals surface area contributed by atoms with Gasteiger partial charge in [0.05, 0.1) is 11.7 Å². The average Bonchev–Trinajstić information content (AvgIpc) is 2.88. The number of aliphatic hydroxyl groups is 1. The molecule has 0 radical (unpaired) electrons. The third kappa shape index (κ3) is 1.85. The van der Waals surface area contributed by atoms with Crippen LogP contribution < -0.4 is 0 Å². The summed E-state index contributed by atoms with van der Waals surface area (Å²) in [6.07, 6.45) is 1.60. The second kappa shape index (κ2) is 4.64. The molecule has 0 amide bonds. The maximum absolute atomic E-state index is 13.7. The molecule has 0 spiro atoms. The second-order valence-electron chi connectivity index (χ2n) is 4.30. The van der Waals surface area contributed by atoms with Crippen LogP contribution in [0.5, 0.6) is 0 Å². The number of aliphatic hydroxyl groups excluding tert-OH is 1. The molecule has 2 heterocycles. The largest absolute Gasteiger partial charge is 0.383 e. The molecule has 0 aliphatic heterocycles. The fourth-order valence-electron chi connectivity index (χ4n) is 2.08. The van der Waals surface area contributed by atoms with Crippen LogP contribution in [-0.4, -0.2) is 14.7 Å². The van der Waals surface area contributed by atoms with Crippen molar-refractivity contribution in [2.75, 3.05) is 0 Å². The Bertz CT molecular complexity index is 785. The monoisotopic (exact) mass is 278 g/mol. The summed E-state index contributed by atoms with van der Waals surface area (Å²) in [6, 6.07) is 6.96. The molecule has 1 atom stereocenters. The Morgan fingerprint density at radius 3 is 2.60 bits per heavy atom. The molecule has 0 saturated carbocycles. The minimum Gasteiger partial charge on any atom is -0.383 e. The van der Waals surface area contributed by atoms with E-state index in [2.05, 4.69) is 5.10 Å². The van der Waals surface area contributed by atoms with Gasteiger partial charge in [-0.05, 0) is 18.2 Å². The Labute approximate surface area is 111 Å². The molecule has 2 aromatic heterocycles. The topological polar surface area (TPSA) is 37.5 Å². The fraction of sp³-hybridized carbons (Fsp3) is 0.0714. The van der Waals surface area contributed by atoms with E-state index in [1.165, 1.54) is 10.7 Å². The summed E-state index contributed by atoms with van der Waals surface area (Å²) in [7, 11) is 0. The lowest BCUT2D eigenvalue weighted by Crippen LogP contribution is -2.05. The summed E-state index contributed by atoms with van der Waals surface area (Å²) in [4.78, 5) is 0. The van der Waals surface area contributed by atoms with E-state index >= 15 is 0 Å². The highest BCUT2D eigenvalue weighted by molar-refractivity contribution is 5.56. The predicted octanol–water partition coefficient (Wildman–Crippen LogP) is 2.83. The second-order valence-corrected chi connectivity index (χ2v) is 4.30. The minimum atomic E-state index is -1.60. The van der Waals surface area contributed by atoms with Gasteiger partial charge >= 0.3 is 0 Å². The molecule has 20 heavy (non-hydrogen) atoms. The smallest absolute Gasteiger partial charge is 0.194 e. The number of benzene rings is 1. The van der Waals surface area contributed by atoms with E-state index in [1.54, 1.807) is 24.4 Å². The number of pyridine rings is 1. The third-order valence-corrected chi connectivity index (χ3v) is 3.11. The first-order valence-electron chi connectivity index (χ1n) is 5.83. The SMILES string of the molecule is OC(c1ccc(F)c(F)c1F)c1cnn2ccccc12. The van der Waals surface area contributed by atoms with Gasteiger partial charge in [-0.3, -0.25) is 0 Å². The van der Waals surface area contributed by atoms with Crippen LogP contribution in [0.4, 0.5) is 13.2 Å². The zero-order valence-electron chi connectivity index (χ0n) is 10.1. The zero-order valence-corrected chi connectivity index (χ0v) is 10.1. The first-order chi connectivity index (χ1) is 9.59. The summed E-state index contributed by atoms with van der Waals surface area (Å²) < 4.78 is 41.3. The van der Waals surface area contributed by atoms with Gasteiger partial charge in [-0.1, -0.05) is 12.1 Å². The summed E-state index contributed by atoms with van der Waals surface area (Å²) in [5.41, 5.74) is 0.544. The lowest BCUT2D eigenvalue weighted by atomic mass is 10.0. The van der Waals surface area contributed by atoms with Gasteiger partial charge in [0, 0.05) is 17.3 Å². The van der Waals surface area contributed by atoms with Crippen molar-refractivity contribution in [2.24, 2.45) is 0 Å². The molecule has 0 saturated heterocycles. The number of hydrogen-bond acceptors (Lipinski definition) is 2. The standard InChI is InChI=1S/C14H9F3N2O/c15-10-5-4-8(12(16)13(10)17)14(20)9-7-18-19-6-2-1-3-11(9)19/h1-7,14,20H. The Morgan fingerprint density at radius 2 is 1.80 bits per heavy atom. The first-order valence-corrected chi connectivity index (χ1v) is 5.83. The van der Waals surface area contributed by atoms with Gasteiger partial charge in [-0.2, -0.15) is 5.10 Å². The van der Waals surface area contributed by atoms with Crippen molar-refractivity contribution < 1.29 is 18.3 Å². The van der Waals surface area contributed by atoms with Gasteiger partial charge in [0.2, 0.25) is 0 Å². The maximum Gasteiger partial charge on any atom is 0.194 e. The van der Waals surface area contributed by atoms with Gasteiger partial charge in [-0.25, -0.2) is 17.7 Å². The van der Waals surface area contributed by atoms with Crippen molar-refractivity contribution in [3.05, 3.63) is 71.3 Å². The Morgan fingerprint density at radius 1 is 1.00 bits per heavy atom. The van der Waals surface area contributed by atoms with E-state index in [0.29, 0.717) is 11.1 Å². The van der Waals surface area contributed by atoms with Crippen LogP contribution in [0.25, 0.3) is 5.52 Å². The molecule has 1 aromatic carbocycles. The molecule has 6 heteroatoms. The van der Waals surface area contributed by atoms with Crippen molar-refractivity contribution in [3.63, 3.8) is 0 Å². The van der Waals surface area contributed by atoms with Crippen LogP contribution >= 0.6 is 0 Å². The van der Waals surface area contributed by atoms with Gasteiger partial charge in [0.15, 0.2) is 17.5 Å². The van der Waals surface area contributed by atoms with Crippen LogP contribution in [-0.2, 0) is 0 Å². The van der Waals surface area contributed by atoms with Gasteiger partial charge in [0.1, 0.15) is 6.10 Å². The molecule has 0 bridgehead atoms. The summed E-state index contributed by atoms with van der Waals surface area (Å²) in [5, 5.41) is 14.2. The van der Waals surface area contributed by atoms with Crippen LogP contribution in [0.15, 0.2) is 42.7 Å². The molecular weight excluding hydrogens is 269 g/mol. The summed E-state index contributed by atoms with van der Waals surface area (Å²) in [5.74, 6) is -4.29. The number of hydrogen-bond donors (Lipinski definition) is 1. The highest BCUT2D eigenvalue weighted by atomic mass is 19.2. The molecular formula is C14H9F3N2O. The van der Waals surface area contributed by atoms with Crippen molar-refractivity contribution >= 4 is 5.52 Å². The number of nitrogens with zero attached hydrogens (tertiary/aromatic N) is 2. The minimum absolute atomic E-state index is 0.315. The van der Waals surface area contributed by atoms with E-state index in [-0.39, 0.29) is 5.56 Å². The lowest BCUT2D eigenvalue weighted by Gasteiger charge is -2.11. The van der Waals surface area contributed by atoms with Crippen molar-refractivity contribution in [1.82, 2.24) is 9.61 Å². The van der Waals surface area contributed by atoms with Crippen LogP contribution in [0.3, 0.4) is 0 Å². The van der Waals surface area contributed by atoms with Crippen molar-refractivity contribution in [2.45, 2.75) is 6.10 Å². The normalized spacial score (nSPS) is 12.8. The molecule has 3 aromatic rings. The van der Waals surface area contributed by atoms with Crippen molar-refractivity contribution in [1.29, 1.82) is 0 Å². The Kier molecular flexibility index (Phi) is 2.94. The Balaban J connectivity index is 2.13. The highest BCUT2D eigenvalue weighted by Gasteiger charge is 2.22. The maximum atomic E-state index is 13.7. The number of halogens is 3. The van der Waals surface area contributed by atoms with Crippen LogP contribution in [0, 0.1) is 17.5 Å². The third-order valence-electron chi connectivity index (χ3n) is 3.11. The van der Waals surface area contributed by atoms with E-state index < -0.39 is 23.6 Å². The van der Waals surface area contributed by atoms with Crippen LogP contribution in [0.1, 0.15) is 17.2 Å². The fourth-order valence-corrected chi connectivity index (χ4v) is 2.08. The number of rotatable bonds is 2. The number of fused-ring (bicyclic) bond motifs is 1. The molecule has 0 fully saturated rings. The highest BCUT2D eigenvalue weighted by Crippen LogP contribution is 2.29. The van der Waals surface area contributed by atoms with Crippen LogP contribution in [0.2, 0.25) is 0 Å². The summed E-state index contributed by atoms with van der Waals surface area (Å²) in [6.45, 7) is 0. The molecule has 3 rings (SSSR count). The molecule has 1 N–H and O–H groups in total. The average molecular weight is 278 g/mol.